The number of halogens is 3. The number of ether oxygens (including phenoxy) is 10. The number of nitrogens with zero attached hydrogens (tertiary/aromatic N) is 6. The van der Waals surface area contributed by atoms with Crippen LogP contribution in [0.25, 0.3) is 31.8 Å². The molecule has 6 heterocycles. The standard InChI is InChI=1S/C55H65Cl2FN6O11S/c1-34-44-35(2)48(57)49(47(34)56)73-41(30-64-18-16-63(6)17-19-64)32-71-40-12-13-42(72-31-39-14-15-59-54(62-39)70-27-26-69-25-24-68-23-22-67-21-20-66-7)37(28-40)29-43(53(65)75-55(3,4)5)74-51-46-45(44)50(76-52(46)61-33-60-51)36-8-10-38(58)11-9-36/h8-15,28,33,41,43H,16-27,29-32H2,1-7H3/t41-,43-/m1/s1. The van der Waals surface area contributed by atoms with Gasteiger partial charge in [-0.3, -0.25) is 4.90 Å². The van der Waals surface area contributed by atoms with Gasteiger partial charge in [0.1, 0.15) is 60.0 Å². The van der Waals surface area contributed by atoms with Gasteiger partial charge in [-0.15, -0.1) is 11.3 Å². The minimum Gasteiger partial charge on any atom is -0.490 e. The Balaban J connectivity index is 1.13. The minimum absolute atomic E-state index is 0.0163. The lowest BCUT2D eigenvalue weighted by atomic mass is 9.92. The van der Waals surface area contributed by atoms with Gasteiger partial charge in [0.2, 0.25) is 12.0 Å². The van der Waals surface area contributed by atoms with Crippen LogP contribution in [0.5, 0.6) is 29.1 Å². The van der Waals surface area contributed by atoms with E-state index in [1.807, 2.05) is 19.9 Å². The molecule has 9 rings (SSSR count). The van der Waals surface area contributed by atoms with Gasteiger partial charge in [0.25, 0.3) is 0 Å². The molecular formula is C55H65Cl2FN6O11S. The molecule has 0 unspecified atom stereocenters. The number of hydrogen-bond donors (Lipinski definition) is 0. The van der Waals surface area contributed by atoms with E-state index < -0.39 is 29.6 Å². The van der Waals surface area contributed by atoms with Gasteiger partial charge < -0.3 is 52.3 Å². The van der Waals surface area contributed by atoms with Gasteiger partial charge in [-0.2, -0.15) is 4.98 Å². The van der Waals surface area contributed by atoms with Crippen LogP contribution in [0.2, 0.25) is 10.0 Å². The fraction of sp³-hybridized carbons (Fsp3) is 0.473. The maximum atomic E-state index is 14.6. The smallest absolute Gasteiger partial charge is 0.348 e. The first kappa shape index (κ1) is 56.7. The van der Waals surface area contributed by atoms with Crippen LogP contribution in [0.3, 0.4) is 0 Å². The Morgan fingerprint density at radius 2 is 1.51 bits per heavy atom. The summed E-state index contributed by atoms with van der Waals surface area (Å²) in [7, 11) is 3.74. The summed E-state index contributed by atoms with van der Waals surface area (Å²) in [5.41, 5.74) is 3.58. The third-order valence-corrected chi connectivity index (χ3v) is 14.5. The Bertz CT molecular complexity index is 2870. The zero-order valence-corrected chi connectivity index (χ0v) is 46.3. The van der Waals surface area contributed by atoms with Crippen molar-refractivity contribution in [2.24, 2.45) is 0 Å². The molecule has 4 bridgehead atoms. The van der Waals surface area contributed by atoms with Crippen molar-refractivity contribution in [2.45, 2.75) is 65.5 Å². The largest absolute Gasteiger partial charge is 0.490 e. The number of methoxy groups -OCH3 is 1. The van der Waals surface area contributed by atoms with E-state index >= 15 is 0 Å². The number of hydrogen-bond acceptors (Lipinski definition) is 18. The third-order valence-electron chi connectivity index (χ3n) is 12.5. The molecule has 17 nitrogen and oxygen atoms in total. The first-order valence-corrected chi connectivity index (χ1v) is 26.8. The van der Waals surface area contributed by atoms with Gasteiger partial charge in [0, 0.05) is 68.5 Å². The fourth-order valence-corrected chi connectivity index (χ4v) is 10.3. The van der Waals surface area contributed by atoms with E-state index in [4.69, 9.17) is 80.5 Å². The van der Waals surface area contributed by atoms with Crippen LogP contribution < -0.4 is 23.7 Å². The molecular weight excluding hydrogens is 1040 g/mol. The summed E-state index contributed by atoms with van der Waals surface area (Å²) in [6.45, 7) is 16.6. The van der Waals surface area contributed by atoms with Crippen molar-refractivity contribution in [1.82, 2.24) is 29.7 Å². The average Bonchev–Trinajstić information content (AvgIpc) is 3.86. The average molecular weight is 1110 g/mol. The Labute approximate surface area is 456 Å². The molecule has 408 valence electrons. The van der Waals surface area contributed by atoms with Crippen LogP contribution in [0.15, 0.2) is 61.1 Å². The van der Waals surface area contributed by atoms with Gasteiger partial charge in [-0.25, -0.2) is 24.1 Å². The van der Waals surface area contributed by atoms with Gasteiger partial charge in [0.05, 0.1) is 67.4 Å². The molecule has 6 aromatic rings. The van der Waals surface area contributed by atoms with Crippen molar-refractivity contribution in [1.29, 1.82) is 0 Å². The molecule has 0 aliphatic carbocycles. The zero-order valence-electron chi connectivity index (χ0n) is 44.0. The van der Waals surface area contributed by atoms with E-state index in [0.717, 1.165) is 31.1 Å². The van der Waals surface area contributed by atoms with Crippen molar-refractivity contribution in [3.05, 3.63) is 99.3 Å². The molecule has 1 fully saturated rings. The Kier molecular flexibility index (Phi) is 19.9. The van der Waals surface area contributed by atoms with Gasteiger partial charge in [0.15, 0.2) is 5.75 Å². The van der Waals surface area contributed by atoms with E-state index in [-0.39, 0.29) is 38.1 Å². The molecule has 1 saturated heterocycles. The number of likely N-dealkylation sites (N-methyl/N-ethyl adjacent to an activating group) is 1. The maximum Gasteiger partial charge on any atom is 0.348 e. The highest BCUT2D eigenvalue weighted by atomic mass is 35.5. The Morgan fingerprint density at radius 3 is 2.20 bits per heavy atom. The molecule has 3 aromatic carbocycles. The predicted octanol–water partition coefficient (Wildman–Crippen LogP) is 9.25. The first-order chi connectivity index (χ1) is 36.6. The van der Waals surface area contributed by atoms with Crippen LogP contribution in [-0.2, 0) is 41.5 Å². The number of benzene rings is 3. The summed E-state index contributed by atoms with van der Waals surface area (Å²) in [6, 6.07) is 13.5. The summed E-state index contributed by atoms with van der Waals surface area (Å²) >= 11 is 16.2. The Morgan fingerprint density at radius 1 is 0.829 bits per heavy atom. The molecule has 0 spiro atoms. The second-order valence-electron chi connectivity index (χ2n) is 19.3. The van der Waals surface area contributed by atoms with E-state index in [2.05, 4.69) is 26.8 Å². The van der Waals surface area contributed by atoms with Crippen LogP contribution in [0.4, 0.5) is 4.39 Å². The monoisotopic (exact) mass is 1110 g/mol. The second-order valence-corrected chi connectivity index (χ2v) is 21.1. The molecule has 76 heavy (non-hydrogen) atoms. The molecule has 3 aromatic heterocycles. The van der Waals surface area contributed by atoms with E-state index in [9.17, 15) is 9.18 Å². The highest BCUT2D eigenvalue weighted by Crippen LogP contribution is 2.53. The highest BCUT2D eigenvalue weighted by Gasteiger charge is 2.34. The van der Waals surface area contributed by atoms with Gasteiger partial charge in [-0.1, -0.05) is 35.3 Å². The van der Waals surface area contributed by atoms with E-state index in [1.54, 1.807) is 64.4 Å². The van der Waals surface area contributed by atoms with Crippen molar-refractivity contribution >= 4 is 50.7 Å². The van der Waals surface area contributed by atoms with Crippen LogP contribution in [0, 0.1) is 19.7 Å². The fourth-order valence-electron chi connectivity index (χ4n) is 8.63. The number of esters is 1. The number of carbonyl (C=O) groups excluding carboxylic acids is 1. The van der Waals surface area contributed by atoms with E-state index in [1.165, 1.54) is 29.8 Å². The minimum atomic E-state index is -1.29. The normalized spacial score (nSPS) is 16.4. The lowest BCUT2D eigenvalue weighted by Crippen LogP contribution is -2.49. The molecule has 0 N–H and O–H groups in total. The number of rotatable bonds is 20. The number of thiophene rings is 1. The number of aromatic nitrogens is 4. The van der Waals surface area contributed by atoms with Crippen molar-refractivity contribution in [2.75, 3.05) is 106 Å². The predicted molar refractivity (Wildman–Crippen MR) is 288 cm³/mol. The Hall–Kier alpha value is -5.48. The molecule has 0 amide bonds. The summed E-state index contributed by atoms with van der Waals surface area (Å²) < 4.78 is 74.8. The molecule has 0 saturated carbocycles. The van der Waals surface area contributed by atoms with Gasteiger partial charge in [-0.05, 0) is 100 Å². The topological polar surface area (TPSA) is 167 Å². The van der Waals surface area contributed by atoms with Gasteiger partial charge >= 0.3 is 12.0 Å². The number of fused-ring (bicyclic) bond motifs is 7. The molecule has 0 radical (unpaired) electrons. The lowest BCUT2D eigenvalue weighted by molar-refractivity contribution is -0.163. The highest BCUT2D eigenvalue weighted by molar-refractivity contribution is 7.22. The van der Waals surface area contributed by atoms with Crippen LogP contribution >= 0.6 is 34.5 Å². The first-order valence-electron chi connectivity index (χ1n) is 25.2. The molecule has 21 heteroatoms. The summed E-state index contributed by atoms with van der Waals surface area (Å²) in [5, 5.41) is 1.11. The quantitative estimate of drug-likeness (QED) is 0.0524. The van der Waals surface area contributed by atoms with E-state index in [0.29, 0.717) is 129 Å². The SMILES string of the molecule is COCCOCCOCCOCCOc1nccc(COc2ccc3cc2C[C@H](C(=O)OC(C)(C)C)Oc2ncnc4sc(-c5ccc(F)cc5)c(c24)-c2c(C)c(Cl)c(c(Cl)c2C)O[C@H](CN2CCN(C)CC2)CO3)n1. The summed E-state index contributed by atoms with van der Waals surface area (Å²) in [4.78, 5) is 38.7. The van der Waals surface area contributed by atoms with Crippen molar-refractivity contribution in [3.8, 4) is 50.7 Å². The lowest BCUT2D eigenvalue weighted by Gasteiger charge is -2.35. The maximum absolute atomic E-state index is 14.6. The van der Waals surface area contributed by atoms with Crippen molar-refractivity contribution in [3.63, 3.8) is 0 Å². The zero-order chi connectivity index (χ0) is 53.8. The van der Waals surface area contributed by atoms with Crippen molar-refractivity contribution < 1.29 is 56.6 Å². The number of carbonyl (C=O) groups is 1. The molecule has 3 aliphatic rings. The second kappa shape index (κ2) is 26.7. The third kappa shape index (κ3) is 15.0. The molecule has 2 atom stereocenters. The summed E-state index contributed by atoms with van der Waals surface area (Å²) in [6.07, 6.45) is 1.10. The van der Waals surface area contributed by atoms with Crippen LogP contribution in [-0.4, -0.2) is 160 Å². The molecule has 3 aliphatic heterocycles. The summed E-state index contributed by atoms with van der Waals surface area (Å²) in [5.74, 6) is 0.293. The van der Waals surface area contributed by atoms with Crippen LogP contribution in [0.1, 0.15) is 43.2 Å². The number of piperazine rings is 1.